The number of nitrogens with one attached hydrogen (secondary N) is 2. The molecule has 2 aliphatic heterocycles. The number of nitrogens with zero attached hydrogens (tertiary/aromatic N) is 2. The molecule has 2 N–H and O–H groups in total. The first kappa shape index (κ1) is 16.6. The van der Waals surface area contributed by atoms with Gasteiger partial charge in [-0.2, -0.15) is 0 Å². The Hall–Kier alpha value is -2.28. The zero-order valence-electron chi connectivity index (χ0n) is 14.0. The number of benzene rings is 1. The second-order valence-electron chi connectivity index (χ2n) is 6.08. The number of anilines is 1. The fraction of sp³-hybridized carbons (Fsp3) is 0.529. The van der Waals surface area contributed by atoms with E-state index < -0.39 is 0 Å². The van der Waals surface area contributed by atoms with Crippen LogP contribution in [-0.2, 0) is 4.74 Å². The van der Waals surface area contributed by atoms with Crippen molar-refractivity contribution in [2.75, 3.05) is 57.4 Å². The molecule has 0 radical (unpaired) electrons. The first-order valence-electron chi connectivity index (χ1n) is 8.39. The SMILES string of the molecule is Cc1cc(C(=O)NCCN2CCNC2=O)ccc1N1CCOCC1. The lowest BCUT2D eigenvalue weighted by molar-refractivity contribution is 0.0950. The van der Waals surface area contributed by atoms with Crippen LogP contribution < -0.4 is 15.5 Å². The fourth-order valence-corrected chi connectivity index (χ4v) is 3.09. The Morgan fingerprint density at radius 3 is 2.75 bits per heavy atom. The molecule has 2 heterocycles. The molecule has 2 saturated heterocycles. The Morgan fingerprint density at radius 1 is 1.29 bits per heavy atom. The number of carbonyl (C=O) groups excluding carboxylic acids is 2. The predicted octanol–water partition coefficient (Wildman–Crippen LogP) is 0.587. The summed E-state index contributed by atoms with van der Waals surface area (Å²) in [5.41, 5.74) is 2.89. The van der Waals surface area contributed by atoms with Crippen molar-refractivity contribution in [3.8, 4) is 0 Å². The highest BCUT2D eigenvalue weighted by Crippen LogP contribution is 2.22. The van der Waals surface area contributed by atoms with Crippen LogP contribution in [0, 0.1) is 6.92 Å². The summed E-state index contributed by atoms with van der Waals surface area (Å²) in [4.78, 5) is 27.7. The Kier molecular flexibility index (Phi) is 5.20. The van der Waals surface area contributed by atoms with Crippen molar-refractivity contribution >= 4 is 17.6 Å². The van der Waals surface area contributed by atoms with E-state index in [9.17, 15) is 9.59 Å². The minimum atomic E-state index is -0.105. The average Bonchev–Trinajstić information content (AvgIpc) is 3.00. The van der Waals surface area contributed by atoms with Gasteiger partial charge in [-0.3, -0.25) is 4.79 Å². The van der Waals surface area contributed by atoms with Crippen LogP contribution in [0.5, 0.6) is 0 Å². The third-order valence-corrected chi connectivity index (χ3v) is 4.42. The third-order valence-electron chi connectivity index (χ3n) is 4.42. The minimum absolute atomic E-state index is 0.0602. The molecule has 0 unspecified atom stereocenters. The molecule has 24 heavy (non-hydrogen) atoms. The Bertz CT molecular complexity index is 614. The van der Waals surface area contributed by atoms with Crippen LogP contribution in [0.15, 0.2) is 18.2 Å². The van der Waals surface area contributed by atoms with Gasteiger partial charge in [-0.05, 0) is 30.7 Å². The summed E-state index contributed by atoms with van der Waals surface area (Å²) in [6, 6.07) is 5.72. The summed E-state index contributed by atoms with van der Waals surface area (Å²) in [5.74, 6) is -0.105. The largest absolute Gasteiger partial charge is 0.378 e. The van der Waals surface area contributed by atoms with Crippen molar-refractivity contribution in [3.05, 3.63) is 29.3 Å². The van der Waals surface area contributed by atoms with E-state index in [4.69, 9.17) is 4.74 Å². The van der Waals surface area contributed by atoms with Gasteiger partial charge >= 0.3 is 6.03 Å². The zero-order chi connectivity index (χ0) is 16.9. The number of hydrogen-bond acceptors (Lipinski definition) is 4. The molecule has 0 aromatic heterocycles. The molecule has 0 bridgehead atoms. The van der Waals surface area contributed by atoms with Crippen molar-refractivity contribution in [2.45, 2.75) is 6.92 Å². The Balaban J connectivity index is 1.54. The number of aryl methyl sites for hydroxylation is 1. The summed E-state index contributed by atoms with van der Waals surface area (Å²) in [6.07, 6.45) is 0. The van der Waals surface area contributed by atoms with Gasteiger partial charge in [0.25, 0.3) is 5.91 Å². The van der Waals surface area contributed by atoms with Crippen LogP contribution in [0.4, 0.5) is 10.5 Å². The lowest BCUT2D eigenvalue weighted by atomic mass is 10.1. The number of morpholine rings is 1. The first-order valence-corrected chi connectivity index (χ1v) is 8.39. The van der Waals surface area contributed by atoms with Gasteiger partial charge in [0.1, 0.15) is 0 Å². The molecule has 0 spiro atoms. The third kappa shape index (κ3) is 3.79. The Morgan fingerprint density at radius 2 is 2.08 bits per heavy atom. The van der Waals surface area contributed by atoms with E-state index in [1.54, 1.807) is 4.90 Å². The fourth-order valence-electron chi connectivity index (χ4n) is 3.09. The molecular formula is C17H24N4O3. The van der Waals surface area contributed by atoms with Crippen molar-refractivity contribution in [1.29, 1.82) is 0 Å². The quantitative estimate of drug-likeness (QED) is 0.827. The minimum Gasteiger partial charge on any atom is -0.378 e. The van der Waals surface area contributed by atoms with Gasteiger partial charge in [0.05, 0.1) is 13.2 Å². The van der Waals surface area contributed by atoms with Crippen LogP contribution in [0.25, 0.3) is 0 Å². The zero-order valence-corrected chi connectivity index (χ0v) is 14.0. The summed E-state index contributed by atoms with van der Waals surface area (Å²) in [7, 11) is 0. The van der Waals surface area contributed by atoms with Gasteiger partial charge in [0, 0.05) is 50.5 Å². The molecule has 0 saturated carbocycles. The number of hydrogen-bond donors (Lipinski definition) is 2. The molecule has 2 aliphatic rings. The maximum Gasteiger partial charge on any atom is 0.317 e. The van der Waals surface area contributed by atoms with Crippen molar-refractivity contribution in [3.63, 3.8) is 0 Å². The van der Waals surface area contributed by atoms with Crippen LogP contribution in [0.2, 0.25) is 0 Å². The van der Waals surface area contributed by atoms with E-state index in [-0.39, 0.29) is 11.9 Å². The number of ether oxygens (including phenoxy) is 1. The molecule has 130 valence electrons. The van der Waals surface area contributed by atoms with Gasteiger partial charge in [-0.15, -0.1) is 0 Å². The number of rotatable bonds is 5. The molecule has 7 heteroatoms. The lowest BCUT2D eigenvalue weighted by Gasteiger charge is -2.30. The molecule has 7 nitrogen and oxygen atoms in total. The van der Waals surface area contributed by atoms with Gasteiger partial charge in [-0.25, -0.2) is 4.79 Å². The van der Waals surface area contributed by atoms with Crippen LogP contribution in [0.3, 0.4) is 0 Å². The first-order chi connectivity index (χ1) is 11.6. The number of amides is 3. The molecule has 1 aromatic carbocycles. The van der Waals surface area contributed by atoms with Crippen molar-refractivity contribution < 1.29 is 14.3 Å². The summed E-state index contributed by atoms with van der Waals surface area (Å²) in [6.45, 7) is 7.62. The van der Waals surface area contributed by atoms with E-state index in [1.165, 1.54) is 0 Å². The average molecular weight is 332 g/mol. The molecule has 0 atom stereocenters. The standard InChI is InChI=1S/C17H24N4O3/c1-13-12-14(2-3-15(13)20-8-10-24-11-9-20)16(22)18-4-6-21-7-5-19-17(21)23/h2-3,12H,4-11H2,1H3,(H,18,22)(H,19,23). The summed E-state index contributed by atoms with van der Waals surface area (Å²) >= 11 is 0. The second-order valence-corrected chi connectivity index (χ2v) is 6.08. The van der Waals surface area contributed by atoms with Crippen LogP contribution in [0.1, 0.15) is 15.9 Å². The molecule has 0 aliphatic carbocycles. The predicted molar refractivity (Wildman–Crippen MR) is 91.5 cm³/mol. The van der Waals surface area contributed by atoms with Crippen LogP contribution in [-0.4, -0.2) is 69.3 Å². The lowest BCUT2D eigenvalue weighted by Crippen LogP contribution is -2.37. The maximum absolute atomic E-state index is 12.3. The van der Waals surface area contributed by atoms with E-state index in [0.717, 1.165) is 37.6 Å². The van der Waals surface area contributed by atoms with Gasteiger partial charge in [-0.1, -0.05) is 0 Å². The topological polar surface area (TPSA) is 73.9 Å². The van der Waals surface area contributed by atoms with E-state index in [1.807, 2.05) is 25.1 Å². The smallest absolute Gasteiger partial charge is 0.317 e. The maximum atomic E-state index is 12.3. The summed E-state index contributed by atoms with van der Waals surface area (Å²) in [5, 5.41) is 5.62. The highest BCUT2D eigenvalue weighted by molar-refractivity contribution is 5.95. The van der Waals surface area contributed by atoms with E-state index in [2.05, 4.69) is 15.5 Å². The molecule has 3 amide bonds. The van der Waals surface area contributed by atoms with Gasteiger partial charge < -0.3 is 25.2 Å². The molecule has 3 rings (SSSR count). The Labute approximate surface area is 141 Å². The van der Waals surface area contributed by atoms with Crippen molar-refractivity contribution in [1.82, 2.24) is 15.5 Å². The second kappa shape index (κ2) is 7.53. The van der Waals surface area contributed by atoms with E-state index in [0.29, 0.717) is 31.7 Å². The molecule has 1 aromatic rings. The number of carbonyl (C=O) groups is 2. The van der Waals surface area contributed by atoms with Crippen molar-refractivity contribution in [2.24, 2.45) is 0 Å². The highest BCUT2D eigenvalue weighted by atomic mass is 16.5. The normalized spacial score (nSPS) is 17.8. The number of urea groups is 1. The van der Waals surface area contributed by atoms with E-state index >= 15 is 0 Å². The molecular weight excluding hydrogens is 308 g/mol. The summed E-state index contributed by atoms with van der Waals surface area (Å²) < 4.78 is 5.38. The van der Waals surface area contributed by atoms with Gasteiger partial charge in [0.2, 0.25) is 0 Å². The monoisotopic (exact) mass is 332 g/mol. The van der Waals surface area contributed by atoms with Crippen LogP contribution >= 0.6 is 0 Å². The molecule has 2 fully saturated rings. The van der Waals surface area contributed by atoms with Gasteiger partial charge in [0.15, 0.2) is 0 Å². The highest BCUT2D eigenvalue weighted by Gasteiger charge is 2.19.